The van der Waals surface area contributed by atoms with E-state index in [9.17, 15) is 13.2 Å². The van der Waals surface area contributed by atoms with Gasteiger partial charge in [-0.15, -0.1) is 0 Å². The molecule has 0 saturated carbocycles. The number of anilines is 1. The Morgan fingerprint density at radius 2 is 2.24 bits per heavy atom. The lowest BCUT2D eigenvalue weighted by Gasteiger charge is -2.09. The maximum absolute atomic E-state index is 12.2. The average Bonchev–Trinajstić information content (AvgIpc) is 2.83. The number of primary amides is 1. The summed E-state index contributed by atoms with van der Waals surface area (Å²) in [7, 11) is -3.74. The monoisotopic (exact) mass is 310 g/mol. The van der Waals surface area contributed by atoms with Gasteiger partial charge in [0.15, 0.2) is 6.61 Å². The van der Waals surface area contributed by atoms with Crippen molar-refractivity contribution in [1.82, 2.24) is 10.2 Å². The van der Waals surface area contributed by atoms with Crippen molar-refractivity contribution in [3.05, 3.63) is 36.2 Å². The highest BCUT2D eigenvalue weighted by atomic mass is 32.2. The van der Waals surface area contributed by atoms with E-state index in [0.717, 1.165) is 0 Å². The number of rotatable bonds is 6. The van der Waals surface area contributed by atoms with Crippen molar-refractivity contribution in [3.63, 3.8) is 0 Å². The zero-order valence-corrected chi connectivity index (χ0v) is 12.0. The Kier molecular flexibility index (Phi) is 4.13. The predicted molar refractivity (Wildman–Crippen MR) is 75.3 cm³/mol. The molecule has 0 aliphatic heterocycles. The molecule has 1 aromatic heterocycles. The van der Waals surface area contributed by atoms with Crippen molar-refractivity contribution in [2.45, 2.75) is 11.8 Å². The largest absolute Gasteiger partial charge is 0.484 e. The van der Waals surface area contributed by atoms with Gasteiger partial charge in [-0.2, -0.15) is 5.10 Å². The molecule has 4 N–H and O–H groups in total. The number of ether oxygens (including phenoxy) is 1. The summed E-state index contributed by atoms with van der Waals surface area (Å²) < 4.78 is 31.9. The molecule has 9 heteroatoms. The van der Waals surface area contributed by atoms with E-state index in [1.165, 1.54) is 12.3 Å². The van der Waals surface area contributed by atoms with Gasteiger partial charge in [-0.1, -0.05) is 6.07 Å². The summed E-state index contributed by atoms with van der Waals surface area (Å²) in [4.78, 5) is 10.7. The van der Waals surface area contributed by atoms with Gasteiger partial charge in [-0.3, -0.25) is 14.6 Å². The van der Waals surface area contributed by atoms with Gasteiger partial charge in [0.05, 0.1) is 17.6 Å². The van der Waals surface area contributed by atoms with Crippen LogP contribution < -0.4 is 15.2 Å². The van der Waals surface area contributed by atoms with E-state index in [1.807, 2.05) is 0 Å². The number of nitrogens with two attached hydrogens (primary N) is 1. The van der Waals surface area contributed by atoms with Crippen molar-refractivity contribution in [1.29, 1.82) is 0 Å². The molecule has 0 spiro atoms. The van der Waals surface area contributed by atoms with Crippen LogP contribution in [0, 0.1) is 6.92 Å². The Morgan fingerprint density at radius 3 is 2.86 bits per heavy atom. The fraction of sp³-hybridized carbons (Fsp3) is 0.167. The Labute approximate surface area is 121 Å². The molecule has 8 nitrogen and oxygen atoms in total. The highest BCUT2D eigenvalue weighted by Crippen LogP contribution is 2.21. The first-order chi connectivity index (χ1) is 9.88. The third-order valence-corrected chi connectivity index (χ3v) is 4.04. The number of sulfonamides is 1. The number of benzene rings is 1. The van der Waals surface area contributed by atoms with Gasteiger partial charge >= 0.3 is 0 Å². The fourth-order valence-electron chi connectivity index (χ4n) is 1.62. The lowest BCUT2D eigenvalue weighted by molar-refractivity contribution is -0.119. The summed E-state index contributed by atoms with van der Waals surface area (Å²) in [5.74, 6) is -0.284. The van der Waals surface area contributed by atoms with Crippen LogP contribution in [-0.2, 0) is 14.8 Å². The van der Waals surface area contributed by atoms with Crippen molar-refractivity contribution in [2.75, 3.05) is 11.3 Å². The minimum Gasteiger partial charge on any atom is -0.484 e. The van der Waals surface area contributed by atoms with Gasteiger partial charge in [0, 0.05) is 6.07 Å². The smallest absolute Gasteiger partial charge is 0.265 e. The van der Waals surface area contributed by atoms with Crippen molar-refractivity contribution in [3.8, 4) is 5.75 Å². The first-order valence-corrected chi connectivity index (χ1v) is 7.41. The fourth-order valence-corrected chi connectivity index (χ4v) is 2.81. The van der Waals surface area contributed by atoms with Gasteiger partial charge in [-0.25, -0.2) is 8.42 Å². The van der Waals surface area contributed by atoms with Crippen molar-refractivity contribution >= 4 is 21.6 Å². The molecule has 21 heavy (non-hydrogen) atoms. The summed E-state index contributed by atoms with van der Waals surface area (Å²) >= 11 is 0. The van der Waals surface area contributed by atoms with E-state index in [-0.39, 0.29) is 11.5 Å². The van der Waals surface area contributed by atoms with E-state index >= 15 is 0 Å². The first kappa shape index (κ1) is 14.9. The second kappa shape index (κ2) is 5.83. The summed E-state index contributed by atoms with van der Waals surface area (Å²) in [6.45, 7) is 1.32. The molecule has 0 fully saturated rings. The van der Waals surface area contributed by atoms with Crippen LogP contribution in [0.2, 0.25) is 0 Å². The molecule has 2 rings (SSSR count). The Hall–Kier alpha value is -2.55. The number of hydrogen-bond acceptors (Lipinski definition) is 5. The normalized spacial score (nSPS) is 11.1. The summed E-state index contributed by atoms with van der Waals surface area (Å²) in [5, 5.41) is 6.24. The third-order valence-electron chi connectivity index (χ3n) is 2.54. The lowest BCUT2D eigenvalue weighted by Crippen LogP contribution is -2.20. The van der Waals surface area contributed by atoms with Crippen LogP contribution in [0.15, 0.2) is 35.4 Å². The highest BCUT2D eigenvalue weighted by molar-refractivity contribution is 7.92. The molecule has 0 saturated heterocycles. The SMILES string of the molecule is Cc1[nH]ncc1S(=O)(=O)Nc1cccc(OCC(N)=O)c1. The Morgan fingerprint density at radius 1 is 1.48 bits per heavy atom. The quantitative estimate of drug-likeness (QED) is 0.711. The summed E-state index contributed by atoms with van der Waals surface area (Å²) in [6.07, 6.45) is 1.23. The average molecular weight is 310 g/mol. The van der Waals surface area contributed by atoms with Gasteiger partial charge in [0.2, 0.25) is 0 Å². The Balaban J connectivity index is 2.18. The minimum absolute atomic E-state index is 0.0611. The standard InChI is InChI=1S/C12H14N4O4S/c1-8-11(6-14-15-8)21(18,19)16-9-3-2-4-10(5-9)20-7-12(13)17/h2-6,16H,7H2,1H3,(H2,13,17)(H,14,15). The number of carbonyl (C=O) groups excluding carboxylic acids is 1. The molecule has 0 aliphatic rings. The molecule has 1 aromatic carbocycles. The predicted octanol–water partition coefficient (Wildman–Crippen LogP) is 0.383. The topological polar surface area (TPSA) is 127 Å². The van der Waals surface area contributed by atoms with Crippen LogP contribution >= 0.6 is 0 Å². The van der Waals surface area contributed by atoms with Crippen LogP contribution in [0.3, 0.4) is 0 Å². The highest BCUT2D eigenvalue weighted by Gasteiger charge is 2.18. The molecule has 112 valence electrons. The number of aryl methyl sites for hydroxylation is 1. The summed E-state index contributed by atoms with van der Waals surface area (Å²) in [6, 6.07) is 6.19. The zero-order valence-electron chi connectivity index (χ0n) is 11.2. The van der Waals surface area contributed by atoms with E-state index < -0.39 is 15.9 Å². The second-order valence-electron chi connectivity index (χ2n) is 4.25. The Bertz CT molecular complexity index is 754. The number of nitrogens with one attached hydrogen (secondary N) is 2. The van der Waals surface area contributed by atoms with Gasteiger partial charge in [0.25, 0.3) is 15.9 Å². The number of carbonyl (C=O) groups is 1. The molecule has 1 heterocycles. The molecule has 0 unspecified atom stereocenters. The van der Waals surface area contributed by atoms with Gasteiger partial charge in [0.1, 0.15) is 10.6 Å². The zero-order chi connectivity index (χ0) is 15.5. The molecule has 0 atom stereocenters. The molecular weight excluding hydrogens is 296 g/mol. The molecule has 2 aromatic rings. The molecule has 0 radical (unpaired) electrons. The van der Waals surface area contributed by atoms with Crippen molar-refractivity contribution < 1.29 is 17.9 Å². The van der Waals surface area contributed by atoms with E-state index in [0.29, 0.717) is 17.1 Å². The number of hydrogen-bond donors (Lipinski definition) is 3. The first-order valence-electron chi connectivity index (χ1n) is 5.92. The van der Waals surface area contributed by atoms with Gasteiger partial charge < -0.3 is 10.5 Å². The lowest BCUT2D eigenvalue weighted by atomic mass is 10.3. The van der Waals surface area contributed by atoms with Crippen LogP contribution in [-0.4, -0.2) is 31.1 Å². The molecule has 0 aliphatic carbocycles. The van der Waals surface area contributed by atoms with E-state index in [2.05, 4.69) is 14.9 Å². The maximum atomic E-state index is 12.2. The minimum atomic E-state index is -3.74. The third kappa shape index (κ3) is 3.72. The summed E-state index contributed by atoms with van der Waals surface area (Å²) in [5.41, 5.74) is 5.71. The number of H-pyrrole nitrogens is 1. The molecule has 1 amide bonds. The van der Waals surface area contributed by atoms with E-state index in [4.69, 9.17) is 10.5 Å². The number of aromatic amines is 1. The number of nitrogens with zero attached hydrogens (tertiary/aromatic N) is 1. The van der Waals surface area contributed by atoms with Crippen LogP contribution in [0.4, 0.5) is 5.69 Å². The van der Waals surface area contributed by atoms with Crippen LogP contribution in [0.5, 0.6) is 5.75 Å². The number of amides is 1. The van der Waals surface area contributed by atoms with Crippen molar-refractivity contribution in [2.24, 2.45) is 5.73 Å². The van der Waals surface area contributed by atoms with Crippen LogP contribution in [0.1, 0.15) is 5.69 Å². The van der Waals surface area contributed by atoms with Gasteiger partial charge in [-0.05, 0) is 19.1 Å². The molecular formula is C12H14N4O4S. The second-order valence-corrected chi connectivity index (χ2v) is 5.90. The maximum Gasteiger partial charge on any atom is 0.265 e. The van der Waals surface area contributed by atoms with Crippen LogP contribution in [0.25, 0.3) is 0 Å². The van der Waals surface area contributed by atoms with E-state index in [1.54, 1.807) is 25.1 Å². The number of aromatic nitrogens is 2. The molecule has 0 bridgehead atoms.